The van der Waals surface area contributed by atoms with Gasteiger partial charge in [-0.15, -0.1) is 0 Å². The number of hydrogen-bond acceptors (Lipinski definition) is 2. The molecule has 0 atom stereocenters. The van der Waals surface area contributed by atoms with Gasteiger partial charge in [0.1, 0.15) is 0 Å². The molecule has 1 N–H and O–H groups in total. The summed E-state index contributed by atoms with van der Waals surface area (Å²) in [6.45, 7) is 3.20. The molecule has 74 valence electrons. The molecule has 0 unspecified atom stereocenters. The Morgan fingerprint density at radius 2 is 2.29 bits per heavy atom. The van der Waals surface area contributed by atoms with Crippen LogP contribution in [0.15, 0.2) is 29.3 Å². The lowest BCUT2D eigenvalue weighted by molar-refractivity contribution is 1.02. The lowest BCUT2D eigenvalue weighted by atomic mass is 10.1. The second kappa shape index (κ2) is 4.51. The fourth-order valence-electron chi connectivity index (χ4n) is 1.46. The van der Waals surface area contributed by atoms with Gasteiger partial charge in [-0.2, -0.15) is 0 Å². The molecule has 0 saturated carbocycles. The second-order valence-corrected chi connectivity index (χ2v) is 4.26. The smallest absolute Gasteiger partial charge is 0.161 e. The summed E-state index contributed by atoms with van der Waals surface area (Å²) in [7, 11) is 0. The molecule has 0 amide bonds. The number of rotatable bonds is 2. The minimum atomic E-state index is 1.04. The molecule has 0 aromatic heterocycles. The molecule has 1 aromatic carbocycles. The van der Waals surface area contributed by atoms with Gasteiger partial charge < -0.3 is 5.32 Å². The Morgan fingerprint density at radius 3 is 3.00 bits per heavy atom. The molecule has 0 radical (unpaired) electrons. The van der Waals surface area contributed by atoms with Crippen molar-refractivity contribution in [3.63, 3.8) is 0 Å². The van der Waals surface area contributed by atoms with Crippen molar-refractivity contribution in [1.29, 1.82) is 0 Å². The van der Waals surface area contributed by atoms with Gasteiger partial charge in [0.2, 0.25) is 0 Å². The van der Waals surface area contributed by atoms with Crippen LogP contribution in [0.4, 0.5) is 5.69 Å². The summed E-state index contributed by atoms with van der Waals surface area (Å²) in [5, 5.41) is 4.33. The van der Waals surface area contributed by atoms with Gasteiger partial charge >= 0.3 is 0 Å². The number of aryl methyl sites for hydroxylation is 1. The predicted molar refractivity (Wildman–Crippen MR) is 63.4 cm³/mol. The van der Waals surface area contributed by atoms with E-state index in [0.29, 0.717) is 0 Å². The second-order valence-electron chi connectivity index (χ2n) is 3.17. The first kappa shape index (κ1) is 9.59. The lowest BCUT2D eigenvalue weighted by Crippen LogP contribution is -2.12. The van der Waals surface area contributed by atoms with Crippen LogP contribution in [0.2, 0.25) is 0 Å². The van der Waals surface area contributed by atoms with Gasteiger partial charge in [0, 0.05) is 12.3 Å². The molecule has 1 fully saturated rings. The van der Waals surface area contributed by atoms with Crippen molar-refractivity contribution in [1.82, 2.24) is 5.32 Å². The maximum atomic E-state index is 4.60. The molecule has 0 bridgehead atoms. The maximum absolute atomic E-state index is 4.60. The average Bonchev–Trinajstić information content (AvgIpc) is 2.71. The Kier molecular flexibility index (Phi) is 3.09. The molecular weight excluding hydrogens is 192 g/mol. The van der Waals surface area contributed by atoms with Crippen LogP contribution in [0.3, 0.4) is 0 Å². The molecular formula is C11H14N2S. The van der Waals surface area contributed by atoms with Gasteiger partial charge in [-0.05, 0) is 18.1 Å². The Hall–Kier alpha value is -0.960. The van der Waals surface area contributed by atoms with Gasteiger partial charge in [-0.25, -0.2) is 4.99 Å². The summed E-state index contributed by atoms with van der Waals surface area (Å²) < 4.78 is 0. The summed E-state index contributed by atoms with van der Waals surface area (Å²) in [6.07, 6.45) is 1.04. The van der Waals surface area contributed by atoms with Crippen molar-refractivity contribution in [2.45, 2.75) is 13.3 Å². The molecule has 0 spiro atoms. The maximum Gasteiger partial charge on any atom is 0.161 e. The Morgan fingerprint density at radius 1 is 1.43 bits per heavy atom. The van der Waals surface area contributed by atoms with Crippen LogP contribution in [0, 0.1) is 0 Å². The first-order valence-electron chi connectivity index (χ1n) is 4.93. The standard InChI is InChI=1S/C11H14N2S/c1-2-9-5-3-4-6-10(9)13-11-12-7-8-14-11/h3-6H,2,7-8H2,1H3,(H,12,13). The normalized spacial score (nSPS) is 18.5. The minimum Gasteiger partial charge on any atom is -0.364 e. The van der Waals surface area contributed by atoms with Crippen LogP contribution in [-0.2, 0) is 6.42 Å². The summed E-state index contributed by atoms with van der Waals surface area (Å²) >= 11 is 1.80. The van der Waals surface area contributed by atoms with E-state index in [0.717, 1.165) is 29.6 Å². The zero-order valence-corrected chi connectivity index (χ0v) is 9.10. The first-order chi connectivity index (χ1) is 6.90. The SMILES string of the molecule is CCc1ccccc1N=C1NCCS1. The van der Waals surface area contributed by atoms with Crippen LogP contribution in [0.25, 0.3) is 0 Å². The number of hydrogen-bond donors (Lipinski definition) is 1. The van der Waals surface area contributed by atoms with Crippen molar-refractivity contribution < 1.29 is 0 Å². The minimum absolute atomic E-state index is 1.04. The summed E-state index contributed by atoms with van der Waals surface area (Å²) in [4.78, 5) is 4.60. The zero-order valence-electron chi connectivity index (χ0n) is 8.29. The Labute approximate surface area is 88.8 Å². The zero-order chi connectivity index (χ0) is 9.80. The number of amidine groups is 1. The first-order valence-corrected chi connectivity index (χ1v) is 5.92. The third-order valence-electron chi connectivity index (χ3n) is 2.21. The van der Waals surface area contributed by atoms with Gasteiger partial charge in [0.15, 0.2) is 5.17 Å². The highest BCUT2D eigenvalue weighted by Gasteiger charge is 2.08. The summed E-state index contributed by atoms with van der Waals surface area (Å²) in [6, 6.07) is 8.32. The molecule has 1 aromatic rings. The van der Waals surface area contributed by atoms with E-state index in [2.05, 4.69) is 35.4 Å². The van der Waals surface area contributed by atoms with Crippen molar-refractivity contribution in [2.75, 3.05) is 12.3 Å². The third kappa shape index (κ3) is 2.10. The molecule has 2 rings (SSSR count). The van der Waals surface area contributed by atoms with Gasteiger partial charge in [0.05, 0.1) is 5.69 Å². The molecule has 2 nitrogen and oxygen atoms in total. The van der Waals surface area contributed by atoms with E-state index in [-0.39, 0.29) is 0 Å². The van der Waals surface area contributed by atoms with Crippen molar-refractivity contribution >= 4 is 22.6 Å². The molecule has 3 heteroatoms. The largest absolute Gasteiger partial charge is 0.364 e. The Balaban J connectivity index is 2.26. The van der Waals surface area contributed by atoms with E-state index in [9.17, 15) is 0 Å². The highest BCUT2D eigenvalue weighted by Crippen LogP contribution is 2.21. The van der Waals surface area contributed by atoms with Crippen molar-refractivity contribution in [2.24, 2.45) is 4.99 Å². The number of nitrogens with zero attached hydrogens (tertiary/aromatic N) is 1. The van der Waals surface area contributed by atoms with Crippen molar-refractivity contribution in [3.8, 4) is 0 Å². The molecule has 1 saturated heterocycles. The highest BCUT2D eigenvalue weighted by molar-refractivity contribution is 8.14. The third-order valence-corrected chi connectivity index (χ3v) is 3.13. The summed E-state index contributed by atoms with van der Waals surface area (Å²) in [5.74, 6) is 1.13. The van der Waals surface area contributed by atoms with Crippen molar-refractivity contribution in [3.05, 3.63) is 29.8 Å². The van der Waals surface area contributed by atoms with Gasteiger partial charge in [-0.1, -0.05) is 36.9 Å². The van der Waals surface area contributed by atoms with Crippen LogP contribution in [-0.4, -0.2) is 17.5 Å². The number of benzene rings is 1. The topological polar surface area (TPSA) is 24.4 Å². The van der Waals surface area contributed by atoms with E-state index in [4.69, 9.17) is 0 Å². The van der Waals surface area contributed by atoms with Crippen LogP contribution in [0.5, 0.6) is 0 Å². The molecule has 1 heterocycles. The van der Waals surface area contributed by atoms with Crippen LogP contribution in [0.1, 0.15) is 12.5 Å². The van der Waals surface area contributed by atoms with E-state index in [1.54, 1.807) is 11.8 Å². The molecule has 1 aliphatic rings. The predicted octanol–water partition coefficient (Wildman–Crippen LogP) is 2.57. The van der Waals surface area contributed by atoms with Gasteiger partial charge in [-0.3, -0.25) is 0 Å². The molecule has 14 heavy (non-hydrogen) atoms. The summed E-state index contributed by atoms with van der Waals surface area (Å²) in [5.41, 5.74) is 2.42. The fourth-order valence-corrected chi connectivity index (χ4v) is 2.22. The van der Waals surface area contributed by atoms with E-state index >= 15 is 0 Å². The monoisotopic (exact) mass is 206 g/mol. The van der Waals surface area contributed by atoms with E-state index in [1.165, 1.54) is 5.56 Å². The Bertz CT molecular complexity index is 339. The highest BCUT2D eigenvalue weighted by atomic mass is 32.2. The van der Waals surface area contributed by atoms with Gasteiger partial charge in [0.25, 0.3) is 0 Å². The number of aliphatic imine (C=N–C) groups is 1. The van der Waals surface area contributed by atoms with E-state index < -0.39 is 0 Å². The number of thioether (sulfide) groups is 1. The number of para-hydroxylation sites is 1. The number of nitrogens with one attached hydrogen (secondary N) is 1. The molecule has 1 aliphatic heterocycles. The lowest BCUT2D eigenvalue weighted by Gasteiger charge is -2.03. The average molecular weight is 206 g/mol. The fraction of sp³-hybridized carbons (Fsp3) is 0.364. The van der Waals surface area contributed by atoms with Crippen LogP contribution < -0.4 is 5.32 Å². The molecule has 0 aliphatic carbocycles. The quantitative estimate of drug-likeness (QED) is 0.804. The van der Waals surface area contributed by atoms with E-state index in [1.807, 2.05) is 6.07 Å². The van der Waals surface area contributed by atoms with Crippen LogP contribution >= 0.6 is 11.8 Å².